The Labute approximate surface area is 127 Å². The maximum Gasteiger partial charge on any atom is 0.338 e. The normalized spacial score (nSPS) is 18.0. The summed E-state index contributed by atoms with van der Waals surface area (Å²) >= 11 is 0. The topological polar surface area (TPSA) is 26.3 Å². The van der Waals surface area contributed by atoms with E-state index in [2.05, 4.69) is 11.8 Å². The van der Waals surface area contributed by atoms with Gasteiger partial charge in [0.05, 0.1) is 12.2 Å². The molecule has 0 saturated heterocycles. The smallest absolute Gasteiger partial charge is 0.338 e. The Balaban J connectivity index is 2.00. The Hall–Kier alpha value is -1.75. The minimum Gasteiger partial charge on any atom is -0.462 e. The number of rotatable bonds is 0. The Morgan fingerprint density at radius 2 is 1.62 bits per heavy atom. The van der Waals surface area contributed by atoms with E-state index in [1.165, 1.54) is 38.5 Å². The molecule has 1 aromatic rings. The Morgan fingerprint density at radius 1 is 0.905 bits per heavy atom. The third-order valence-electron chi connectivity index (χ3n) is 3.76. The van der Waals surface area contributed by atoms with Crippen molar-refractivity contribution in [2.75, 3.05) is 6.61 Å². The molecule has 0 aliphatic carbocycles. The molecular weight excluding hydrogens is 260 g/mol. The number of benzene rings is 1. The van der Waals surface area contributed by atoms with Crippen molar-refractivity contribution in [2.45, 2.75) is 57.8 Å². The summed E-state index contributed by atoms with van der Waals surface area (Å²) in [5.41, 5.74) is 1.50. The average Bonchev–Trinajstić information content (AvgIpc) is 2.51. The number of ether oxygens (including phenoxy) is 1. The van der Waals surface area contributed by atoms with Gasteiger partial charge in [0.1, 0.15) is 0 Å². The lowest BCUT2D eigenvalue weighted by Gasteiger charge is -2.05. The fraction of sp³-hybridized carbons (Fsp3) is 0.526. The number of hydrogen-bond donors (Lipinski definition) is 0. The molecule has 0 fully saturated rings. The molecule has 1 heterocycles. The van der Waals surface area contributed by atoms with Gasteiger partial charge in [0.25, 0.3) is 0 Å². The zero-order valence-electron chi connectivity index (χ0n) is 12.7. The molecule has 0 unspecified atom stereocenters. The lowest BCUT2D eigenvalue weighted by Crippen LogP contribution is -2.06. The van der Waals surface area contributed by atoms with Crippen LogP contribution in [-0.2, 0) is 4.74 Å². The second kappa shape index (κ2) is 9.23. The molecule has 2 heteroatoms. The van der Waals surface area contributed by atoms with Crippen molar-refractivity contribution in [3.05, 3.63) is 35.4 Å². The van der Waals surface area contributed by atoms with Crippen molar-refractivity contribution >= 4 is 5.97 Å². The average molecular weight is 284 g/mol. The fourth-order valence-corrected chi connectivity index (χ4v) is 2.51. The highest BCUT2D eigenvalue weighted by Gasteiger charge is 2.07. The van der Waals surface area contributed by atoms with Gasteiger partial charge < -0.3 is 4.74 Å². The van der Waals surface area contributed by atoms with Gasteiger partial charge in [-0.2, -0.15) is 0 Å². The highest BCUT2D eigenvalue weighted by Crippen LogP contribution is 2.11. The zero-order chi connectivity index (χ0) is 14.8. The molecular formula is C19H24O2. The van der Waals surface area contributed by atoms with Crippen LogP contribution in [0.1, 0.15) is 73.7 Å². The van der Waals surface area contributed by atoms with E-state index in [0.29, 0.717) is 12.2 Å². The lowest BCUT2D eigenvalue weighted by atomic mass is 10.1. The first-order valence-electron chi connectivity index (χ1n) is 8.12. The summed E-state index contributed by atoms with van der Waals surface area (Å²) in [7, 11) is 0. The minimum atomic E-state index is -0.233. The number of esters is 1. The maximum absolute atomic E-state index is 12.0. The predicted molar refractivity (Wildman–Crippen MR) is 85.2 cm³/mol. The molecule has 2 bridgehead atoms. The number of cyclic esters (lactones) is 1. The van der Waals surface area contributed by atoms with Gasteiger partial charge in [0.2, 0.25) is 0 Å². The summed E-state index contributed by atoms with van der Waals surface area (Å²) in [6.07, 6.45) is 10.7. The molecule has 1 aliphatic heterocycles. The summed E-state index contributed by atoms with van der Waals surface area (Å²) in [5, 5.41) is 0. The van der Waals surface area contributed by atoms with Crippen LogP contribution >= 0.6 is 0 Å². The van der Waals surface area contributed by atoms with Crippen molar-refractivity contribution in [2.24, 2.45) is 0 Å². The van der Waals surface area contributed by atoms with Crippen LogP contribution in [-0.4, -0.2) is 12.6 Å². The van der Waals surface area contributed by atoms with E-state index in [1.54, 1.807) is 6.07 Å². The SMILES string of the molecule is O=C1OCCCCCCCCCCC#Cc2cccc1c2. The highest BCUT2D eigenvalue weighted by molar-refractivity contribution is 5.89. The van der Waals surface area contributed by atoms with Crippen LogP contribution in [0, 0.1) is 11.8 Å². The van der Waals surface area contributed by atoms with Crippen LogP contribution < -0.4 is 0 Å². The van der Waals surface area contributed by atoms with Crippen molar-refractivity contribution in [3.63, 3.8) is 0 Å². The number of carbonyl (C=O) groups is 1. The molecule has 0 aromatic heterocycles. The summed E-state index contributed by atoms with van der Waals surface area (Å²) in [6, 6.07) is 7.43. The fourth-order valence-electron chi connectivity index (χ4n) is 2.51. The van der Waals surface area contributed by atoms with E-state index in [1.807, 2.05) is 18.2 Å². The Bertz CT molecular complexity index is 508. The first-order valence-corrected chi connectivity index (χ1v) is 8.12. The third kappa shape index (κ3) is 6.04. The third-order valence-corrected chi connectivity index (χ3v) is 3.76. The molecule has 1 aliphatic rings. The molecule has 0 atom stereocenters. The zero-order valence-corrected chi connectivity index (χ0v) is 12.7. The van der Waals surface area contributed by atoms with Crippen molar-refractivity contribution in [1.82, 2.24) is 0 Å². The second-order valence-electron chi connectivity index (χ2n) is 5.60. The van der Waals surface area contributed by atoms with Crippen LogP contribution in [0.15, 0.2) is 24.3 Å². The van der Waals surface area contributed by atoms with Crippen molar-refractivity contribution in [3.8, 4) is 11.8 Å². The molecule has 0 radical (unpaired) electrons. The quantitative estimate of drug-likeness (QED) is 0.509. The van der Waals surface area contributed by atoms with Gasteiger partial charge in [-0.15, -0.1) is 0 Å². The van der Waals surface area contributed by atoms with Gasteiger partial charge in [-0.1, -0.05) is 56.4 Å². The molecule has 0 saturated carbocycles. The Morgan fingerprint density at radius 3 is 2.43 bits per heavy atom. The molecule has 21 heavy (non-hydrogen) atoms. The number of carbonyl (C=O) groups excluding carboxylic acids is 1. The van der Waals surface area contributed by atoms with E-state index in [-0.39, 0.29) is 5.97 Å². The monoisotopic (exact) mass is 284 g/mol. The van der Waals surface area contributed by atoms with Crippen molar-refractivity contribution in [1.29, 1.82) is 0 Å². The molecule has 0 amide bonds. The standard InChI is InChI=1S/C19H24O2/c20-19-18-14-11-13-17(16-18)12-9-7-5-3-1-2-4-6-8-10-15-21-19/h11,13-14,16H,1-8,10,15H2. The van der Waals surface area contributed by atoms with Crippen LogP contribution in [0.3, 0.4) is 0 Å². The molecule has 2 nitrogen and oxygen atoms in total. The minimum absolute atomic E-state index is 0.233. The molecule has 1 aromatic carbocycles. The van der Waals surface area contributed by atoms with Gasteiger partial charge in [0.15, 0.2) is 0 Å². The molecule has 0 N–H and O–H groups in total. The largest absolute Gasteiger partial charge is 0.462 e. The van der Waals surface area contributed by atoms with Gasteiger partial charge in [-0.3, -0.25) is 0 Å². The first-order chi connectivity index (χ1) is 10.4. The van der Waals surface area contributed by atoms with E-state index in [4.69, 9.17) is 4.74 Å². The van der Waals surface area contributed by atoms with Crippen LogP contribution in [0.4, 0.5) is 0 Å². The molecule has 2 rings (SSSR count). The summed E-state index contributed by atoms with van der Waals surface area (Å²) in [5.74, 6) is 6.11. The number of fused-ring (bicyclic) bond motifs is 2. The number of hydrogen-bond acceptors (Lipinski definition) is 2. The Kier molecular flexibility index (Phi) is 6.88. The summed E-state index contributed by atoms with van der Waals surface area (Å²) in [4.78, 5) is 12.0. The van der Waals surface area contributed by atoms with Gasteiger partial charge in [-0.05, 0) is 31.0 Å². The molecule has 112 valence electrons. The van der Waals surface area contributed by atoms with Crippen molar-refractivity contribution < 1.29 is 9.53 Å². The van der Waals surface area contributed by atoms with Crippen LogP contribution in [0.5, 0.6) is 0 Å². The summed E-state index contributed by atoms with van der Waals surface area (Å²) in [6.45, 7) is 0.523. The van der Waals surface area contributed by atoms with Gasteiger partial charge in [0, 0.05) is 12.0 Å². The first kappa shape index (κ1) is 15.6. The van der Waals surface area contributed by atoms with Gasteiger partial charge in [-0.25, -0.2) is 4.79 Å². The van der Waals surface area contributed by atoms with E-state index in [9.17, 15) is 4.79 Å². The summed E-state index contributed by atoms with van der Waals surface area (Å²) < 4.78 is 5.32. The van der Waals surface area contributed by atoms with Gasteiger partial charge >= 0.3 is 5.97 Å². The van der Waals surface area contributed by atoms with E-state index < -0.39 is 0 Å². The van der Waals surface area contributed by atoms with E-state index in [0.717, 1.165) is 24.8 Å². The van der Waals surface area contributed by atoms with Crippen LogP contribution in [0.2, 0.25) is 0 Å². The van der Waals surface area contributed by atoms with E-state index >= 15 is 0 Å². The molecule has 0 spiro atoms. The lowest BCUT2D eigenvalue weighted by molar-refractivity contribution is 0.0497. The second-order valence-corrected chi connectivity index (χ2v) is 5.60. The highest BCUT2D eigenvalue weighted by atomic mass is 16.5. The maximum atomic E-state index is 12.0. The predicted octanol–water partition coefficient (Wildman–Crippen LogP) is 4.72. The van der Waals surface area contributed by atoms with Crippen LogP contribution in [0.25, 0.3) is 0 Å².